The maximum Gasteiger partial charge on any atom is 0.243 e. The maximum absolute atomic E-state index is 13.0. The molecule has 0 spiro atoms. The quantitative estimate of drug-likeness (QED) is 0.846. The fraction of sp³-hybridized carbons (Fsp3) is 0.294. The molecule has 0 fully saturated rings. The van der Waals surface area contributed by atoms with Crippen LogP contribution in [0.3, 0.4) is 0 Å². The van der Waals surface area contributed by atoms with E-state index in [0.717, 1.165) is 29.9 Å². The monoisotopic (exact) mass is 266 g/mol. The highest BCUT2D eigenvalue weighted by atomic mass is 16.2. The first-order valence-electron chi connectivity index (χ1n) is 7.09. The smallest absolute Gasteiger partial charge is 0.243 e. The van der Waals surface area contributed by atoms with Crippen molar-refractivity contribution in [3.05, 3.63) is 54.2 Å². The number of carbonyl (C=O) groups is 1. The molecular weight excluding hydrogens is 248 g/mol. The van der Waals surface area contributed by atoms with Crippen LogP contribution in [0.1, 0.15) is 32.3 Å². The summed E-state index contributed by atoms with van der Waals surface area (Å²) in [7, 11) is 0. The Morgan fingerprint density at radius 2 is 1.75 bits per heavy atom. The number of aromatic nitrogens is 1. The van der Waals surface area contributed by atoms with Crippen LogP contribution in [0, 0.1) is 0 Å². The van der Waals surface area contributed by atoms with E-state index < -0.39 is 5.41 Å². The highest BCUT2D eigenvalue weighted by molar-refractivity contribution is 6.11. The zero-order chi connectivity index (χ0) is 14.2. The van der Waals surface area contributed by atoms with Gasteiger partial charge < -0.3 is 0 Å². The molecule has 3 rings (SSSR count). The van der Waals surface area contributed by atoms with Crippen LogP contribution < -0.4 is 4.90 Å². The number of carbonyl (C=O) groups excluding carboxylic acids is 1. The molecule has 20 heavy (non-hydrogen) atoms. The molecule has 3 heteroatoms. The van der Waals surface area contributed by atoms with Crippen LogP contribution >= 0.6 is 0 Å². The minimum absolute atomic E-state index is 0.141. The van der Waals surface area contributed by atoms with Gasteiger partial charge in [0, 0.05) is 11.8 Å². The number of fused-ring (bicyclic) bond motifs is 1. The van der Waals surface area contributed by atoms with Crippen LogP contribution in [0.5, 0.6) is 0 Å². The highest BCUT2D eigenvalue weighted by Crippen LogP contribution is 2.47. The molecule has 1 aromatic heterocycles. The van der Waals surface area contributed by atoms with Gasteiger partial charge in [-0.15, -0.1) is 0 Å². The third-order valence-corrected chi connectivity index (χ3v) is 4.35. The van der Waals surface area contributed by atoms with Crippen LogP contribution in [0.2, 0.25) is 0 Å². The molecule has 102 valence electrons. The lowest BCUT2D eigenvalue weighted by atomic mass is 9.77. The molecular formula is C17H18N2O. The van der Waals surface area contributed by atoms with E-state index in [1.807, 2.05) is 42.5 Å². The van der Waals surface area contributed by atoms with Crippen molar-refractivity contribution in [3.8, 4) is 0 Å². The lowest BCUT2D eigenvalue weighted by molar-refractivity contribution is -0.122. The number of amides is 1. The molecule has 1 aromatic carbocycles. The average molecular weight is 266 g/mol. The van der Waals surface area contributed by atoms with Crippen LogP contribution in [-0.2, 0) is 10.2 Å². The third-order valence-electron chi connectivity index (χ3n) is 4.35. The van der Waals surface area contributed by atoms with Crippen LogP contribution in [0.4, 0.5) is 11.5 Å². The summed E-state index contributed by atoms with van der Waals surface area (Å²) < 4.78 is 0. The second-order valence-electron chi connectivity index (χ2n) is 5.14. The Bertz CT molecular complexity index is 632. The van der Waals surface area contributed by atoms with Crippen molar-refractivity contribution in [2.45, 2.75) is 32.1 Å². The average Bonchev–Trinajstić information content (AvgIpc) is 2.76. The number of para-hydroxylation sites is 1. The Hall–Kier alpha value is -2.16. The number of benzene rings is 1. The van der Waals surface area contributed by atoms with E-state index in [9.17, 15) is 4.79 Å². The van der Waals surface area contributed by atoms with E-state index >= 15 is 0 Å². The maximum atomic E-state index is 13.0. The van der Waals surface area contributed by atoms with E-state index in [-0.39, 0.29) is 5.91 Å². The molecule has 0 N–H and O–H groups in total. The predicted molar refractivity (Wildman–Crippen MR) is 80.1 cm³/mol. The largest absolute Gasteiger partial charge is 0.273 e. The lowest BCUT2D eigenvalue weighted by Gasteiger charge is -2.25. The minimum Gasteiger partial charge on any atom is -0.273 e. The van der Waals surface area contributed by atoms with Gasteiger partial charge in [0.15, 0.2) is 0 Å². The van der Waals surface area contributed by atoms with Gasteiger partial charge in [-0.1, -0.05) is 38.1 Å². The predicted octanol–water partition coefficient (Wildman–Crippen LogP) is 3.82. The van der Waals surface area contributed by atoms with Gasteiger partial charge in [0.2, 0.25) is 5.91 Å². The zero-order valence-corrected chi connectivity index (χ0v) is 11.8. The molecule has 2 heterocycles. The van der Waals surface area contributed by atoms with E-state index in [1.54, 1.807) is 11.1 Å². The van der Waals surface area contributed by atoms with Gasteiger partial charge in [-0.05, 0) is 31.0 Å². The second-order valence-corrected chi connectivity index (χ2v) is 5.14. The van der Waals surface area contributed by atoms with Crippen molar-refractivity contribution in [2.75, 3.05) is 4.90 Å². The zero-order valence-electron chi connectivity index (χ0n) is 11.8. The second kappa shape index (κ2) is 4.75. The van der Waals surface area contributed by atoms with Gasteiger partial charge in [-0.25, -0.2) is 4.98 Å². The summed E-state index contributed by atoms with van der Waals surface area (Å²) in [6.07, 6.45) is 3.35. The molecule has 2 aromatic rings. The summed E-state index contributed by atoms with van der Waals surface area (Å²) in [5.74, 6) is 0.926. The molecule has 0 saturated heterocycles. The summed E-state index contributed by atoms with van der Waals surface area (Å²) >= 11 is 0. The molecule has 0 radical (unpaired) electrons. The molecule has 0 aliphatic carbocycles. The first kappa shape index (κ1) is 12.9. The fourth-order valence-electron chi connectivity index (χ4n) is 3.12. The summed E-state index contributed by atoms with van der Waals surface area (Å²) in [5.41, 5.74) is 1.51. The molecule has 3 nitrogen and oxygen atoms in total. The van der Waals surface area contributed by atoms with E-state index in [2.05, 4.69) is 18.8 Å². The summed E-state index contributed by atoms with van der Waals surface area (Å²) in [4.78, 5) is 19.3. The SMILES string of the molecule is CCC1(CC)C(=O)N(c2ccccc2)c2ncccc21. The van der Waals surface area contributed by atoms with E-state index in [4.69, 9.17) is 0 Å². The van der Waals surface area contributed by atoms with Crippen LogP contribution in [0.25, 0.3) is 0 Å². The molecule has 1 aliphatic heterocycles. The van der Waals surface area contributed by atoms with Gasteiger partial charge in [0.1, 0.15) is 5.82 Å². The van der Waals surface area contributed by atoms with E-state index in [1.165, 1.54) is 0 Å². The van der Waals surface area contributed by atoms with Crippen molar-refractivity contribution in [1.82, 2.24) is 4.98 Å². The Labute approximate surface area is 119 Å². The van der Waals surface area contributed by atoms with Gasteiger partial charge in [0.05, 0.1) is 11.1 Å². The van der Waals surface area contributed by atoms with Crippen molar-refractivity contribution in [1.29, 1.82) is 0 Å². The first-order chi connectivity index (χ1) is 9.74. The summed E-state index contributed by atoms with van der Waals surface area (Å²) in [6.45, 7) is 4.15. The van der Waals surface area contributed by atoms with Crippen molar-refractivity contribution >= 4 is 17.4 Å². The number of nitrogens with zero attached hydrogens (tertiary/aromatic N) is 2. The number of rotatable bonds is 3. The molecule has 1 amide bonds. The highest BCUT2D eigenvalue weighted by Gasteiger charge is 2.49. The van der Waals surface area contributed by atoms with Gasteiger partial charge >= 0.3 is 0 Å². The normalized spacial score (nSPS) is 16.3. The van der Waals surface area contributed by atoms with Crippen LogP contribution in [0.15, 0.2) is 48.7 Å². The van der Waals surface area contributed by atoms with Crippen molar-refractivity contribution in [2.24, 2.45) is 0 Å². The summed E-state index contributed by atoms with van der Waals surface area (Å²) in [6, 6.07) is 13.7. The Kier molecular flexibility index (Phi) is 3.05. The van der Waals surface area contributed by atoms with E-state index in [0.29, 0.717) is 0 Å². The lowest BCUT2D eigenvalue weighted by Crippen LogP contribution is -2.37. The standard InChI is InChI=1S/C17H18N2O/c1-3-17(4-2)14-11-8-12-18-15(14)19(16(17)20)13-9-6-5-7-10-13/h5-12H,3-4H2,1-2H3. The first-order valence-corrected chi connectivity index (χ1v) is 7.09. The third kappa shape index (κ3) is 1.59. The van der Waals surface area contributed by atoms with Crippen molar-refractivity contribution in [3.63, 3.8) is 0 Å². The molecule has 0 saturated carbocycles. The molecule has 0 unspecified atom stereocenters. The number of hydrogen-bond donors (Lipinski definition) is 0. The summed E-state index contributed by atoms with van der Waals surface area (Å²) in [5, 5.41) is 0. The van der Waals surface area contributed by atoms with Crippen molar-refractivity contribution < 1.29 is 4.79 Å². The van der Waals surface area contributed by atoms with Gasteiger partial charge in [-0.2, -0.15) is 0 Å². The number of pyridine rings is 1. The Balaban J connectivity index is 2.22. The topological polar surface area (TPSA) is 33.2 Å². The van der Waals surface area contributed by atoms with Crippen LogP contribution in [-0.4, -0.2) is 10.9 Å². The molecule has 0 atom stereocenters. The number of anilines is 2. The molecule has 0 bridgehead atoms. The minimum atomic E-state index is -0.431. The fourth-order valence-corrected chi connectivity index (χ4v) is 3.12. The molecule has 1 aliphatic rings. The van der Waals surface area contributed by atoms with Gasteiger partial charge in [-0.3, -0.25) is 9.69 Å². The number of hydrogen-bond acceptors (Lipinski definition) is 2. The Morgan fingerprint density at radius 1 is 1.05 bits per heavy atom. The van der Waals surface area contributed by atoms with Gasteiger partial charge in [0.25, 0.3) is 0 Å². The Morgan fingerprint density at radius 3 is 2.40 bits per heavy atom.